The van der Waals surface area contributed by atoms with Crippen molar-refractivity contribution in [3.05, 3.63) is 23.8 Å². The van der Waals surface area contributed by atoms with E-state index in [1.807, 2.05) is 30.0 Å². The minimum Gasteiger partial charge on any atom is -0.493 e. The van der Waals surface area contributed by atoms with Gasteiger partial charge >= 0.3 is 0 Å². The Labute approximate surface area is 149 Å². The van der Waals surface area contributed by atoms with Gasteiger partial charge in [-0.1, -0.05) is 19.9 Å². The number of hydrogen-bond acceptors (Lipinski definition) is 5. The average Bonchev–Trinajstić information content (AvgIpc) is 2.97. The molecule has 0 spiro atoms. The fourth-order valence-electron chi connectivity index (χ4n) is 2.88. The molecule has 0 saturated carbocycles. The molecule has 0 radical (unpaired) electrons. The van der Waals surface area contributed by atoms with E-state index >= 15 is 0 Å². The molecule has 134 valence electrons. The summed E-state index contributed by atoms with van der Waals surface area (Å²) >= 11 is 1.68. The molecule has 1 amide bonds. The Morgan fingerprint density at radius 2 is 2.00 bits per heavy atom. The molecule has 1 aromatic carbocycles. The summed E-state index contributed by atoms with van der Waals surface area (Å²) in [5, 5.41) is 0.0539. The lowest BCUT2D eigenvalue weighted by atomic mass is 10.1. The van der Waals surface area contributed by atoms with Crippen molar-refractivity contribution in [3.63, 3.8) is 0 Å². The largest absolute Gasteiger partial charge is 0.493 e. The smallest absolute Gasteiger partial charge is 0.233 e. The van der Waals surface area contributed by atoms with Crippen molar-refractivity contribution >= 4 is 17.7 Å². The van der Waals surface area contributed by atoms with Gasteiger partial charge in [0, 0.05) is 13.1 Å². The number of benzene rings is 1. The maximum Gasteiger partial charge on any atom is 0.233 e. The Morgan fingerprint density at radius 3 is 2.62 bits per heavy atom. The van der Waals surface area contributed by atoms with E-state index in [4.69, 9.17) is 9.47 Å². The number of likely N-dealkylation sites (N-methyl/N-ethyl adjacent to an activating group) is 1. The van der Waals surface area contributed by atoms with E-state index in [1.54, 1.807) is 18.9 Å². The zero-order valence-electron chi connectivity index (χ0n) is 15.1. The van der Waals surface area contributed by atoms with Gasteiger partial charge in [-0.2, -0.15) is 0 Å². The van der Waals surface area contributed by atoms with E-state index in [9.17, 15) is 4.79 Å². The third-order valence-electron chi connectivity index (χ3n) is 4.29. The summed E-state index contributed by atoms with van der Waals surface area (Å²) in [5.41, 5.74) is 1.09. The van der Waals surface area contributed by atoms with Crippen LogP contribution in [0.2, 0.25) is 0 Å². The fraction of sp³-hybridized carbons (Fsp3) is 0.611. The van der Waals surface area contributed by atoms with E-state index < -0.39 is 0 Å². The first-order valence-electron chi connectivity index (χ1n) is 8.58. The number of ether oxygens (including phenoxy) is 2. The molecular weight excluding hydrogens is 324 g/mol. The number of nitrogens with zero attached hydrogens (tertiary/aromatic N) is 2. The molecule has 1 aromatic rings. The Kier molecular flexibility index (Phi) is 7.24. The lowest BCUT2D eigenvalue weighted by Crippen LogP contribution is -2.37. The van der Waals surface area contributed by atoms with E-state index in [0.29, 0.717) is 12.4 Å². The summed E-state index contributed by atoms with van der Waals surface area (Å²) in [6.45, 7) is 10.5. The highest BCUT2D eigenvalue weighted by Crippen LogP contribution is 2.41. The third kappa shape index (κ3) is 4.36. The summed E-state index contributed by atoms with van der Waals surface area (Å²) in [6.07, 6.45) is 0. The number of thioether (sulfide) groups is 1. The van der Waals surface area contributed by atoms with Gasteiger partial charge in [0.15, 0.2) is 11.5 Å². The van der Waals surface area contributed by atoms with Crippen molar-refractivity contribution in [3.8, 4) is 11.5 Å². The van der Waals surface area contributed by atoms with Crippen LogP contribution in [0, 0.1) is 0 Å². The van der Waals surface area contributed by atoms with Crippen LogP contribution in [0.3, 0.4) is 0 Å². The topological polar surface area (TPSA) is 42.0 Å². The highest BCUT2D eigenvalue weighted by molar-refractivity contribution is 8.00. The van der Waals surface area contributed by atoms with Crippen LogP contribution in [0.15, 0.2) is 18.2 Å². The molecule has 1 aliphatic rings. The van der Waals surface area contributed by atoms with Gasteiger partial charge < -0.3 is 19.3 Å². The standard InChI is InChI=1S/C18H28N2O3S/c1-5-19(6-2)10-11-20-17(21)13-24-18(20)14-8-9-15(22-4)16(12-14)23-7-3/h8-9,12,18H,5-7,10-11,13H2,1-4H3. The molecule has 1 aliphatic heterocycles. The predicted molar refractivity (Wildman–Crippen MR) is 98.9 cm³/mol. The van der Waals surface area contributed by atoms with Gasteiger partial charge in [0.1, 0.15) is 5.37 Å². The monoisotopic (exact) mass is 352 g/mol. The van der Waals surface area contributed by atoms with Crippen molar-refractivity contribution in [2.45, 2.75) is 26.1 Å². The summed E-state index contributed by atoms with van der Waals surface area (Å²) in [6, 6.07) is 5.96. The van der Waals surface area contributed by atoms with Crippen LogP contribution < -0.4 is 9.47 Å². The highest BCUT2D eigenvalue weighted by Gasteiger charge is 2.33. The third-order valence-corrected chi connectivity index (χ3v) is 5.55. The second-order valence-electron chi connectivity index (χ2n) is 5.62. The molecule has 6 heteroatoms. The van der Waals surface area contributed by atoms with Crippen LogP contribution in [-0.2, 0) is 4.79 Å². The highest BCUT2D eigenvalue weighted by atomic mass is 32.2. The van der Waals surface area contributed by atoms with Gasteiger partial charge in [0.05, 0.1) is 19.5 Å². The van der Waals surface area contributed by atoms with Crippen molar-refractivity contribution in [1.29, 1.82) is 0 Å². The van der Waals surface area contributed by atoms with Gasteiger partial charge in [-0.3, -0.25) is 4.79 Å². The molecule has 0 aliphatic carbocycles. The zero-order valence-corrected chi connectivity index (χ0v) is 15.9. The number of rotatable bonds is 9. The maximum absolute atomic E-state index is 12.3. The van der Waals surface area contributed by atoms with Crippen LogP contribution >= 0.6 is 11.8 Å². The van der Waals surface area contributed by atoms with E-state index in [2.05, 4.69) is 18.7 Å². The number of hydrogen-bond donors (Lipinski definition) is 0. The quantitative estimate of drug-likeness (QED) is 0.683. The van der Waals surface area contributed by atoms with Gasteiger partial charge in [-0.15, -0.1) is 11.8 Å². The molecule has 2 rings (SSSR count). The van der Waals surface area contributed by atoms with Crippen LogP contribution in [0.25, 0.3) is 0 Å². The van der Waals surface area contributed by atoms with Crippen LogP contribution in [0.5, 0.6) is 11.5 Å². The molecule has 1 saturated heterocycles. The van der Waals surface area contributed by atoms with E-state index in [1.165, 1.54) is 0 Å². The minimum absolute atomic E-state index is 0.0539. The number of amides is 1. The molecule has 0 bridgehead atoms. The Hall–Kier alpha value is -1.40. The molecule has 24 heavy (non-hydrogen) atoms. The molecule has 1 fully saturated rings. The first kappa shape index (κ1) is 18.9. The number of carbonyl (C=O) groups excluding carboxylic acids is 1. The summed E-state index contributed by atoms with van der Waals surface area (Å²) in [7, 11) is 1.64. The van der Waals surface area contributed by atoms with Gasteiger partial charge in [0.2, 0.25) is 5.91 Å². The van der Waals surface area contributed by atoms with Crippen molar-refractivity contribution in [2.24, 2.45) is 0 Å². The van der Waals surface area contributed by atoms with Crippen molar-refractivity contribution in [2.75, 3.05) is 45.6 Å². The summed E-state index contributed by atoms with van der Waals surface area (Å²) < 4.78 is 11.0. The van der Waals surface area contributed by atoms with Crippen LogP contribution in [0.1, 0.15) is 31.7 Å². The van der Waals surface area contributed by atoms with Gasteiger partial charge in [-0.25, -0.2) is 0 Å². The summed E-state index contributed by atoms with van der Waals surface area (Å²) in [4.78, 5) is 16.6. The molecule has 0 N–H and O–H groups in total. The second-order valence-corrected chi connectivity index (χ2v) is 6.69. The Bertz CT molecular complexity index is 549. The minimum atomic E-state index is 0.0539. The molecular formula is C18H28N2O3S. The Balaban J connectivity index is 2.16. The zero-order chi connectivity index (χ0) is 17.5. The van der Waals surface area contributed by atoms with Gasteiger partial charge in [-0.05, 0) is 37.7 Å². The fourth-order valence-corrected chi connectivity index (χ4v) is 4.08. The van der Waals surface area contributed by atoms with Crippen LogP contribution in [0.4, 0.5) is 0 Å². The molecule has 1 unspecified atom stereocenters. The van der Waals surface area contributed by atoms with E-state index in [0.717, 1.165) is 43.2 Å². The first-order valence-corrected chi connectivity index (χ1v) is 9.63. The predicted octanol–water partition coefficient (Wildman–Crippen LogP) is 3.01. The normalized spacial score (nSPS) is 17.6. The average molecular weight is 353 g/mol. The van der Waals surface area contributed by atoms with Gasteiger partial charge in [0.25, 0.3) is 0 Å². The Morgan fingerprint density at radius 1 is 1.25 bits per heavy atom. The molecule has 1 atom stereocenters. The first-order chi connectivity index (χ1) is 11.6. The molecule has 0 aromatic heterocycles. The van der Waals surface area contributed by atoms with Crippen LogP contribution in [-0.4, -0.2) is 61.4 Å². The summed E-state index contributed by atoms with van der Waals surface area (Å²) in [5.74, 6) is 2.22. The number of methoxy groups -OCH3 is 1. The van der Waals surface area contributed by atoms with Crippen molar-refractivity contribution in [1.82, 2.24) is 9.80 Å². The number of carbonyl (C=O) groups is 1. The lowest BCUT2D eigenvalue weighted by Gasteiger charge is -2.28. The molecule has 1 heterocycles. The molecule has 5 nitrogen and oxygen atoms in total. The SMILES string of the molecule is CCOc1cc(C2SCC(=O)N2CCN(CC)CC)ccc1OC. The van der Waals surface area contributed by atoms with E-state index in [-0.39, 0.29) is 11.3 Å². The maximum atomic E-state index is 12.3. The lowest BCUT2D eigenvalue weighted by molar-refractivity contribution is -0.128. The van der Waals surface area contributed by atoms with Crippen molar-refractivity contribution < 1.29 is 14.3 Å². The second kappa shape index (κ2) is 9.18.